The second kappa shape index (κ2) is 6.94. The third kappa shape index (κ3) is 3.81. The topological polar surface area (TPSA) is 3.88 Å². The monoisotopic (exact) mass is 338 g/mol. The summed E-state index contributed by atoms with van der Waals surface area (Å²) in [7, 11) is 2.19. The molecule has 0 radical (unpaired) electrons. The van der Waals surface area contributed by atoms with Crippen LogP contribution in [-0.2, 0) is 17.9 Å². The molecule has 25 heavy (non-hydrogen) atoms. The molecule has 1 heteroatoms. The molecule has 1 aromatic heterocycles. The zero-order valence-electron chi connectivity index (χ0n) is 17.7. The van der Waals surface area contributed by atoms with Crippen molar-refractivity contribution in [3.05, 3.63) is 52.7 Å². The van der Waals surface area contributed by atoms with Gasteiger partial charge in [-0.2, -0.15) is 0 Å². The van der Waals surface area contributed by atoms with E-state index in [1.165, 1.54) is 33.5 Å². The molecule has 2 rings (SSSR count). The van der Waals surface area contributed by atoms with E-state index < -0.39 is 0 Å². The van der Waals surface area contributed by atoms with Crippen molar-refractivity contribution in [3.63, 3.8) is 0 Å². The fourth-order valence-electron chi connectivity index (χ4n) is 3.50. The number of hydrogen-bond donors (Lipinski definition) is 0. The maximum Gasteiger partial charge on any atom is 0.212 e. The van der Waals surface area contributed by atoms with Gasteiger partial charge in [-0.1, -0.05) is 59.2 Å². The van der Waals surface area contributed by atoms with Crippen LogP contribution in [0.4, 0.5) is 0 Å². The van der Waals surface area contributed by atoms with Gasteiger partial charge < -0.3 is 0 Å². The first-order valence-electron chi connectivity index (χ1n) is 9.65. The van der Waals surface area contributed by atoms with E-state index in [-0.39, 0.29) is 10.8 Å². The molecule has 0 unspecified atom stereocenters. The van der Waals surface area contributed by atoms with Crippen molar-refractivity contribution >= 4 is 0 Å². The lowest BCUT2D eigenvalue weighted by Gasteiger charge is -2.32. The number of aryl methyl sites for hydroxylation is 3. The summed E-state index contributed by atoms with van der Waals surface area (Å²) in [6.07, 6.45) is 4.66. The summed E-state index contributed by atoms with van der Waals surface area (Å²) >= 11 is 0. The molecule has 0 saturated heterocycles. The largest absolute Gasteiger partial charge is 0.212 e. The first-order valence-corrected chi connectivity index (χ1v) is 9.65. The van der Waals surface area contributed by atoms with E-state index in [1.54, 1.807) is 0 Å². The Morgan fingerprint density at radius 1 is 0.840 bits per heavy atom. The molecule has 0 saturated carbocycles. The molecule has 0 amide bonds. The van der Waals surface area contributed by atoms with E-state index in [0.717, 1.165) is 12.8 Å². The van der Waals surface area contributed by atoms with E-state index in [2.05, 4.69) is 97.5 Å². The molecule has 0 N–H and O–H groups in total. The zero-order valence-corrected chi connectivity index (χ0v) is 17.7. The highest BCUT2D eigenvalue weighted by molar-refractivity contribution is 5.63. The molecule has 0 bridgehead atoms. The van der Waals surface area contributed by atoms with Gasteiger partial charge in [0.2, 0.25) is 5.69 Å². The number of rotatable bonds is 5. The van der Waals surface area contributed by atoms with Crippen LogP contribution in [0.5, 0.6) is 0 Å². The molecule has 136 valence electrons. The van der Waals surface area contributed by atoms with Crippen LogP contribution in [0.25, 0.3) is 11.3 Å². The minimum atomic E-state index is 0.170. The highest BCUT2D eigenvalue weighted by atomic mass is 14.9. The van der Waals surface area contributed by atoms with Crippen molar-refractivity contribution in [2.24, 2.45) is 7.05 Å². The van der Waals surface area contributed by atoms with Gasteiger partial charge in [0.05, 0.1) is 0 Å². The Hall–Kier alpha value is -1.63. The molecule has 0 atom stereocenters. The van der Waals surface area contributed by atoms with E-state index in [1.807, 2.05) is 0 Å². The predicted molar refractivity (Wildman–Crippen MR) is 109 cm³/mol. The summed E-state index contributed by atoms with van der Waals surface area (Å²) in [4.78, 5) is 0. The Morgan fingerprint density at radius 2 is 1.40 bits per heavy atom. The van der Waals surface area contributed by atoms with Crippen molar-refractivity contribution in [1.29, 1.82) is 0 Å². The summed E-state index contributed by atoms with van der Waals surface area (Å²) in [6.45, 7) is 18.5. The van der Waals surface area contributed by atoms with E-state index in [0.29, 0.717) is 0 Å². The van der Waals surface area contributed by atoms with Crippen LogP contribution < -0.4 is 4.57 Å². The van der Waals surface area contributed by atoms with Gasteiger partial charge in [-0.05, 0) is 54.7 Å². The predicted octanol–water partition coefficient (Wildman–Crippen LogP) is 6.17. The molecule has 0 fully saturated rings. The zero-order chi connectivity index (χ0) is 19.0. The van der Waals surface area contributed by atoms with E-state index in [9.17, 15) is 0 Å². The van der Waals surface area contributed by atoms with Crippen molar-refractivity contribution < 1.29 is 4.57 Å². The van der Waals surface area contributed by atoms with Crippen LogP contribution in [0.2, 0.25) is 0 Å². The van der Waals surface area contributed by atoms with Gasteiger partial charge in [-0.25, -0.2) is 4.57 Å². The van der Waals surface area contributed by atoms with Gasteiger partial charge in [-0.3, -0.25) is 0 Å². The molecule has 1 aromatic carbocycles. The summed E-state index contributed by atoms with van der Waals surface area (Å²) < 4.78 is 2.32. The smallest absolute Gasteiger partial charge is 0.201 e. The van der Waals surface area contributed by atoms with Crippen LogP contribution in [0, 0.1) is 13.8 Å². The van der Waals surface area contributed by atoms with Gasteiger partial charge in [0, 0.05) is 17.2 Å². The standard InChI is InChI=1S/C24H36N/c1-10-23(5,6)20-15-22(19-13-12-17(3)14-18(19)4)25(9)16-21(20)24(7,8)11-2/h12-16H,10-11H2,1-9H3/q+1. The summed E-state index contributed by atoms with van der Waals surface area (Å²) in [6, 6.07) is 9.22. The molecular weight excluding hydrogens is 302 g/mol. The fourth-order valence-corrected chi connectivity index (χ4v) is 3.50. The van der Waals surface area contributed by atoms with Crippen LogP contribution in [-0.4, -0.2) is 0 Å². The van der Waals surface area contributed by atoms with Crippen LogP contribution in [0.1, 0.15) is 76.6 Å². The summed E-state index contributed by atoms with van der Waals surface area (Å²) in [5, 5.41) is 0. The highest BCUT2D eigenvalue weighted by Gasteiger charge is 2.33. The third-order valence-electron chi connectivity index (χ3n) is 6.16. The molecule has 1 heterocycles. The van der Waals surface area contributed by atoms with Crippen molar-refractivity contribution in [1.82, 2.24) is 0 Å². The molecule has 0 aliphatic carbocycles. The Kier molecular flexibility index (Phi) is 5.47. The number of nitrogens with zero attached hydrogens (tertiary/aromatic N) is 1. The van der Waals surface area contributed by atoms with Gasteiger partial charge >= 0.3 is 0 Å². The molecule has 1 nitrogen and oxygen atoms in total. The Balaban J connectivity index is 2.79. The van der Waals surface area contributed by atoms with Gasteiger partial charge in [-0.15, -0.1) is 0 Å². The maximum atomic E-state index is 2.45. The third-order valence-corrected chi connectivity index (χ3v) is 6.16. The highest BCUT2D eigenvalue weighted by Crippen LogP contribution is 2.38. The minimum absolute atomic E-state index is 0.170. The van der Waals surface area contributed by atoms with E-state index in [4.69, 9.17) is 0 Å². The van der Waals surface area contributed by atoms with Crippen LogP contribution in [0.15, 0.2) is 30.5 Å². The van der Waals surface area contributed by atoms with Gasteiger partial charge in [0.1, 0.15) is 7.05 Å². The van der Waals surface area contributed by atoms with Crippen molar-refractivity contribution in [2.45, 2.75) is 79.1 Å². The van der Waals surface area contributed by atoms with E-state index >= 15 is 0 Å². The average molecular weight is 339 g/mol. The fraction of sp³-hybridized carbons (Fsp3) is 0.542. The normalized spacial score (nSPS) is 12.5. The lowest BCUT2D eigenvalue weighted by molar-refractivity contribution is -0.661. The molecule has 2 aromatic rings. The van der Waals surface area contributed by atoms with Crippen molar-refractivity contribution in [2.75, 3.05) is 0 Å². The molecule has 0 aliphatic heterocycles. The van der Waals surface area contributed by atoms with Gasteiger partial charge in [0.25, 0.3) is 0 Å². The number of pyridine rings is 1. The molecule has 0 aliphatic rings. The molecule has 0 spiro atoms. The van der Waals surface area contributed by atoms with Crippen LogP contribution >= 0.6 is 0 Å². The Bertz CT molecular complexity index is 766. The summed E-state index contributed by atoms with van der Waals surface area (Å²) in [5.41, 5.74) is 8.64. The lowest BCUT2D eigenvalue weighted by atomic mass is 9.71. The number of benzene rings is 1. The first-order chi connectivity index (χ1) is 11.5. The second-order valence-electron chi connectivity index (χ2n) is 8.89. The van der Waals surface area contributed by atoms with Crippen LogP contribution in [0.3, 0.4) is 0 Å². The maximum absolute atomic E-state index is 2.45. The van der Waals surface area contributed by atoms with Crippen molar-refractivity contribution in [3.8, 4) is 11.3 Å². The Labute approximate surface area is 155 Å². The molecular formula is C24H36N+. The summed E-state index contributed by atoms with van der Waals surface area (Å²) in [5.74, 6) is 0. The lowest BCUT2D eigenvalue weighted by Crippen LogP contribution is -2.37. The number of aromatic nitrogens is 1. The SMILES string of the molecule is CCC(C)(C)c1cc(-c2ccc(C)cc2C)[n+](C)cc1C(C)(C)CC. The minimum Gasteiger partial charge on any atom is -0.201 e. The first kappa shape index (κ1) is 19.7. The Morgan fingerprint density at radius 3 is 1.92 bits per heavy atom. The second-order valence-corrected chi connectivity index (χ2v) is 8.89. The number of hydrogen-bond acceptors (Lipinski definition) is 0. The van der Waals surface area contributed by atoms with Gasteiger partial charge in [0.15, 0.2) is 6.20 Å². The average Bonchev–Trinajstić information content (AvgIpc) is 2.55. The quantitative estimate of drug-likeness (QED) is 0.574.